The third-order valence-electron chi connectivity index (χ3n) is 3.76. The Morgan fingerprint density at radius 1 is 1.44 bits per heavy atom. The van der Waals surface area contributed by atoms with Crippen LogP contribution in [0, 0.1) is 0 Å². The van der Waals surface area contributed by atoms with E-state index in [0.29, 0.717) is 12.5 Å². The average Bonchev–Trinajstić information content (AvgIpc) is 2.36. The molecule has 0 fully saturated rings. The minimum Gasteiger partial charge on any atom is -0.342 e. The first kappa shape index (κ1) is 13.1. The Balaban J connectivity index is 2.02. The number of aryl methyl sites for hydroxylation is 1. The van der Waals surface area contributed by atoms with Gasteiger partial charge in [-0.2, -0.15) is 0 Å². The molecule has 0 aromatic heterocycles. The molecule has 0 saturated carbocycles. The predicted octanol–water partition coefficient (Wildman–Crippen LogP) is 1.74. The van der Waals surface area contributed by atoms with Gasteiger partial charge in [-0.3, -0.25) is 4.79 Å². The Kier molecular flexibility index (Phi) is 4.02. The number of hydrogen-bond acceptors (Lipinski definition) is 2. The summed E-state index contributed by atoms with van der Waals surface area (Å²) >= 11 is 0. The Hall–Kier alpha value is -1.35. The number of nitrogens with two attached hydrogens (primary N) is 1. The zero-order valence-electron chi connectivity index (χ0n) is 11.2. The Bertz CT molecular complexity index is 428. The SMILES string of the molecule is CC(N)CC(=O)N(C)C1CCc2ccccc2C1. The molecule has 3 heteroatoms. The second-order valence-corrected chi connectivity index (χ2v) is 5.35. The highest BCUT2D eigenvalue weighted by Gasteiger charge is 2.24. The fourth-order valence-electron chi connectivity index (χ4n) is 2.63. The quantitative estimate of drug-likeness (QED) is 0.883. The lowest BCUT2D eigenvalue weighted by Gasteiger charge is -2.33. The lowest BCUT2D eigenvalue weighted by molar-refractivity contribution is -0.132. The van der Waals surface area contributed by atoms with Gasteiger partial charge in [0.05, 0.1) is 0 Å². The van der Waals surface area contributed by atoms with Crippen LogP contribution in [-0.2, 0) is 17.6 Å². The van der Waals surface area contributed by atoms with E-state index < -0.39 is 0 Å². The lowest BCUT2D eigenvalue weighted by atomic mass is 9.87. The molecule has 0 bridgehead atoms. The molecular formula is C15H22N2O. The molecule has 98 valence electrons. The van der Waals surface area contributed by atoms with Crippen LogP contribution in [0.5, 0.6) is 0 Å². The van der Waals surface area contributed by atoms with Gasteiger partial charge in [0.2, 0.25) is 5.91 Å². The molecule has 2 atom stereocenters. The van der Waals surface area contributed by atoms with E-state index in [1.807, 2.05) is 18.9 Å². The van der Waals surface area contributed by atoms with Gasteiger partial charge in [-0.25, -0.2) is 0 Å². The van der Waals surface area contributed by atoms with Gasteiger partial charge in [0.15, 0.2) is 0 Å². The maximum atomic E-state index is 12.0. The Labute approximate surface area is 109 Å². The maximum absolute atomic E-state index is 12.0. The summed E-state index contributed by atoms with van der Waals surface area (Å²) in [5, 5.41) is 0. The van der Waals surface area contributed by atoms with Crippen molar-refractivity contribution in [2.75, 3.05) is 7.05 Å². The molecule has 1 aromatic carbocycles. The van der Waals surface area contributed by atoms with E-state index in [-0.39, 0.29) is 11.9 Å². The third kappa shape index (κ3) is 2.91. The third-order valence-corrected chi connectivity index (χ3v) is 3.76. The number of hydrogen-bond donors (Lipinski definition) is 1. The molecule has 1 aromatic rings. The van der Waals surface area contributed by atoms with Crippen molar-refractivity contribution in [2.45, 2.75) is 44.7 Å². The highest BCUT2D eigenvalue weighted by molar-refractivity contribution is 5.76. The summed E-state index contributed by atoms with van der Waals surface area (Å²) < 4.78 is 0. The van der Waals surface area contributed by atoms with Gasteiger partial charge in [0.1, 0.15) is 0 Å². The zero-order valence-corrected chi connectivity index (χ0v) is 11.2. The molecule has 3 nitrogen and oxygen atoms in total. The van der Waals surface area contributed by atoms with Crippen molar-refractivity contribution in [1.82, 2.24) is 4.90 Å². The molecule has 0 saturated heterocycles. The van der Waals surface area contributed by atoms with Crippen LogP contribution in [0.3, 0.4) is 0 Å². The molecule has 1 amide bonds. The van der Waals surface area contributed by atoms with Gasteiger partial charge in [-0.1, -0.05) is 24.3 Å². The second kappa shape index (κ2) is 5.53. The molecule has 2 unspecified atom stereocenters. The lowest BCUT2D eigenvalue weighted by Crippen LogP contribution is -2.42. The van der Waals surface area contributed by atoms with E-state index in [0.717, 1.165) is 19.3 Å². The maximum Gasteiger partial charge on any atom is 0.224 e. The summed E-state index contributed by atoms with van der Waals surface area (Å²) in [6, 6.07) is 8.79. The number of rotatable bonds is 3. The summed E-state index contributed by atoms with van der Waals surface area (Å²) in [7, 11) is 1.91. The summed E-state index contributed by atoms with van der Waals surface area (Å²) in [6.45, 7) is 1.88. The summed E-state index contributed by atoms with van der Waals surface area (Å²) in [4.78, 5) is 13.9. The Morgan fingerprint density at radius 3 is 2.78 bits per heavy atom. The smallest absolute Gasteiger partial charge is 0.224 e. The summed E-state index contributed by atoms with van der Waals surface area (Å²) in [5.74, 6) is 0.161. The number of fused-ring (bicyclic) bond motifs is 1. The van der Waals surface area contributed by atoms with Gasteiger partial charge < -0.3 is 10.6 Å². The topological polar surface area (TPSA) is 46.3 Å². The molecule has 2 N–H and O–H groups in total. The van der Waals surface area contributed by atoms with Gasteiger partial charge in [-0.15, -0.1) is 0 Å². The zero-order chi connectivity index (χ0) is 13.1. The number of carbonyl (C=O) groups excluding carboxylic acids is 1. The molecule has 0 heterocycles. The monoisotopic (exact) mass is 246 g/mol. The standard InChI is InChI=1S/C15H22N2O/c1-11(16)9-15(18)17(2)14-8-7-12-5-3-4-6-13(12)10-14/h3-6,11,14H,7-10,16H2,1-2H3. The van der Waals surface area contributed by atoms with Crippen LogP contribution in [0.1, 0.15) is 30.9 Å². The first-order valence-electron chi connectivity index (χ1n) is 6.66. The number of likely N-dealkylation sites (N-methyl/N-ethyl adjacent to an activating group) is 1. The van der Waals surface area contributed by atoms with Crippen molar-refractivity contribution in [3.63, 3.8) is 0 Å². The van der Waals surface area contributed by atoms with Crippen LogP contribution >= 0.6 is 0 Å². The van der Waals surface area contributed by atoms with Crippen molar-refractivity contribution in [2.24, 2.45) is 5.73 Å². The van der Waals surface area contributed by atoms with E-state index in [4.69, 9.17) is 5.73 Å². The van der Waals surface area contributed by atoms with Crippen molar-refractivity contribution < 1.29 is 4.79 Å². The van der Waals surface area contributed by atoms with Gasteiger partial charge in [0.25, 0.3) is 0 Å². The van der Waals surface area contributed by atoms with E-state index >= 15 is 0 Å². The second-order valence-electron chi connectivity index (χ2n) is 5.35. The molecule has 0 spiro atoms. The molecule has 0 radical (unpaired) electrons. The van der Waals surface area contributed by atoms with Gasteiger partial charge >= 0.3 is 0 Å². The highest BCUT2D eigenvalue weighted by Crippen LogP contribution is 2.24. The summed E-state index contributed by atoms with van der Waals surface area (Å²) in [6.07, 6.45) is 3.53. The largest absolute Gasteiger partial charge is 0.342 e. The summed E-state index contributed by atoms with van der Waals surface area (Å²) in [5.41, 5.74) is 8.51. The van der Waals surface area contributed by atoms with Gasteiger partial charge in [-0.05, 0) is 37.3 Å². The molecular weight excluding hydrogens is 224 g/mol. The highest BCUT2D eigenvalue weighted by atomic mass is 16.2. The fourth-order valence-corrected chi connectivity index (χ4v) is 2.63. The van der Waals surface area contributed by atoms with Crippen LogP contribution in [0.15, 0.2) is 24.3 Å². The van der Waals surface area contributed by atoms with Crippen LogP contribution in [0.2, 0.25) is 0 Å². The average molecular weight is 246 g/mol. The molecule has 18 heavy (non-hydrogen) atoms. The first-order chi connectivity index (χ1) is 8.58. The molecule has 1 aliphatic carbocycles. The number of carbonyl (C=O) groups is 1. The van der Waals surface area contributed by atoms with E-state index in [1.54, 1.807) is 0 Å². The van der Waals surface area contributed by atoms with Crippen molar-refractivity contribution in [3.8, 4) is 0 Å². The van der Waals surface area contributed by atoms with Crippen LogP contribution in [0.25, 0.3) is 0 Å². The normalized spacial score (nSPS) is 20.1. The van der Waals surface area contributed by atoms with Crippen LogP contribution in [0.4, 0.5) is 0 Å². The minimum absolute atomic E-state index is 0.0594. The van der Waals surface area contributed by atoms with Crippen LogP contribution in [-0.4, -0.2) is 29.9 Å². The number of amides is 1. The Morgan fingerprint density at radius 2 is 2.11 bits per heavy atom. The van der Waals surface area contributed by atoms with Crippen molar-refractivity contribution in [3.05, 3.63) is 35.4 Å². The first-order valence-corrected chi connectivity index (χ1v) is 6.66. The molecule has 1 aliphatic rings. The molecule has 0 aliphatic heterocycles. The minimum atomic E-state index is -0.0594. The van der Waals surface area contributed by atoms with E-state index in [9.17, 15) is 4.79 Å². The van der Waals surface area contributed by atoms with Gasteiger partial charge in [0, 0.05) is 25.6 Å². The fraction of sp³-hybridized carbons (Fsp3) is 0.533. The van der Waals surface area contributed by atoms with E-state index in [1.165, 1.54) is 11.1 Å². The van der Waals surface area contributed by atoms with E-state index in [2.05, 4.69) is 24.3 Å². The number of nitrogens with zero attached hydrogens (tertiary/aromatic N) is 1. The van der Waals surface area contributed by atoms with Crippen molar-refractivity contribution in [1.29, 1.82) is 0 Å². The number of benzene rings is 1. The predicted molar refractivity (Wildman–Crippen MR) is 73.3 cm³/mol. The molecule has 2 rings (SSSR count). The van der Waals surface area contributed by atoms with Crippen LogP contribution < -0.4 is 5.73 Å². The van der Waals surface area contributed by atoms with Crippen molar-refractivity contribution >= 4 is 5.91 Å².